The fourth-order valence-corrected chi connectivity index (χ4v) is 2.71. The lowest BCUT2D eigenvalue weighted by molar-refractivity contribution is 0.102. The largest absolute Gasteiger partial charge is 0.338 e. The molecule has 20 heavy (non-hydrogen) atoms. The van der Waals surface area contributed by atoms with E-state index in [0.717, 1.165) is 36.9 Å². The van der Waals surface area contributed by atoms with Crippen LogP contribution < -0.4 is 5.32 Å². The molecule has 2 aromatic rings. The fraction of sp³-hybridized carbons (Fsp3) is 0.286. The van der Waals surface area contributed by atoms with Gasteiger partial charge in [0.2, 0.25) is 5.88 Å². The molecule has 0 saturated carbocycles. The summed E-state index contributed by atoms with van der Waals surface area (Å²) in [5, 5.41) is 7.52. The van der Waals surface area contributed by atoms with Gasteiger partial charge in [-0.2, -0.15) is 0 Å². The minimum Gasteiger partial charge on any atom is -0.338 e. The Kier molecular flexibility index (Phi) is 3.68. The standard InChI is InChI=1S/C14H12Cl2N2O2/c15-8-5-6-11(16)10(7-8)13(19)17-14-9-3-1-2-4-12(9)18-20-14/h5-7H,1-4H2,(H,17,19). The van der Waals surface area contributed by atoms with Crippen molar-refractivity contribution in [2.45, 2.75) is 25.7 Å². The lowest BCUT2D eigenvalue weighted by atomic mass is 9.97. The fourth-order valence-electron chi connectivity index (χ4n) is 2.33. The number of carbonyl (C=O) groups excluding carboxylic acids is 1. The van der Waals surface area contributed by atoms with Crippen LogP contribution in [0.25, 0.3) is 0 Å². The molecule has 0 aliphatic heterocycles. The summed E-state index contributed by atoms with van der Waals surface area (Å²) in [6.07, 6.45) is 3.95. The maximum absolute atomic E-state index is 12.2. The van der Waals surface area contributed by atoms with E-state index in [0.29, 0.717) is 21.5 Å². The molecule has 0 fully saturated rings. The van der Waals surface area contributed by atoms with E-state index in [-0.39, 0.29) is 5.91 Å². The number of halogens is 2. The van der Waals surface area contributed by atoms with Crippen molar-refractivity contribution < 1.29 is 9.32 Å². The first kappa shape index (κ1) is 13.5. The van der Waals surface area contributed by atoms with Crippen LogP contribution in [-0.2, 0) is 12.8 Å². The molecular formula is C14H12Cl2N2O2. The predicted molar refractivity (Wildman–Crippen MR) is 77.6 cm³/mol. The second-order valence-electron chi connectivity index (χ2n) is 4.72. The van der Waals surface area contributed by atoms with E-state index in [9.17, 15) is 4.79 Å². The molecule has 4 nitrogen and oxygen atoms in total. The number of aryl methyl sites for hydroxylation is 1. The quantitative estimate of drug-likeness (QED) is 0.908. The molecule has 104 valence electrons. The van der Waals surface area contributed by atoms with Gasteiger partial charge in [-0.3, -0.25) is 10.1 Å². The average molecular weight is 311 g/mol. The van der Waals surface area contributed by atoms with E-state index in [1.165, 1.54) is 6.07 Å². The number of hydrogen-bond acceptors (Lipinski definition) is 3. The zero-order valence-electron chi connectivity index (χ0n) is 10.6. The second-order valence-corrected chi connectivity index (χ2v) is 5.57. The van der Waals surface area contributed by atoms with Gasteiger partial charge < -0.3 is 4.52 Å². The number of nitrogens with one attached hydrogen (secondary N) is 1. The van der Waals surface area contributed by atoms with Crippen molar-refractivity contribution in [2.75, 3.05) is 5.32 Å². The average Bonchev–Trinajstić information content (AvgIpc) is 2.85. The second kappa shape index (κ2) is 5.46. The molecule has 1 aliphatic rings. The highest BCUT2D eigenvalue weighted by atomic mass is 35.5. The maximum atomic E-state index is 12.2. The Morgan fingerprint density at radius 3 is 2.90 bits per heavy atom. The number of rotatable bonds is 2. The number of fused-ring (bicyclic) bond motifs is 1. The van der Waals surface area contributed by atoms with Crippen LogP contribution in [0.15, 0.2) is 22.7 Å². The predicted octanol–water partition coefficient (Wildman–Crippen LogP) is 4.11. The number of anilines is 1. The molecule has 1 heterocycles. The Labute approximate surface area is 126 Å². The molecule has 0 bridgehead atoms. The summed E-state index contributed by atoms with van der Waals surface area (Å²) >= 11 is 11.9. The monoisotopic (exact) mass is 310 g/mol. The topological polar surface area (TPSA) is 55.1 Å². The first-order valence-electron chi connectivity index (χ1n) is 6.39. The highest BCUT2D eigenvalue weighted by Crippen LogP contribution is 2.28. The van der Waals surface area contributed by atoms with Gasteiger partial charge in [0.25, 0.3) is 5.91 Å². The summed E-state index contributed by atoms with van der Waals surface area (Å²) in [6, 6.07) is 4.76. The van der Waals surface area contributed by atoms with E-state index in [1.54, 1.807) is 12.1 Å². The molecule has 1 amide bonds. The normalized spacial score (nSPS) is 13.9. The molecule has 0 saturated heterocycles. The van der Waals surface area contributed by atoms with Crippen molar-refractivity contribution in [3.05, 3.63) is 45.1 Å². The lowest BCUT2D eigenvalue weighted by Crippen LogP contribution is -2.14. The Balaban J connectivity index is 1.86. The van der Waals surface area contributed by atoms with Crippen LogP contribution in [0.2, 0.25) is 10.0 Å². The first-order valence-corrected chi connectivity index (χ1v) is 7.14. The van der Waals surface area contributed by atoms with Crippen LogP contribution in [0.5, 0.6) is 0 Å². The Morgan fingerprint density at radius 1 is 1.25 bits per heavy atom. The molecule has 3 rings (SSSR count). The molecule has 0 unspecified atom stereocenters. The Hall–Kier alpha value is -1.52. The number of amides is 1. The first-order chi connectivity index (χ1) is 9.65. The van der Waals surface area contributed by atoms with Gasteiger partial charge in [0, 0.05) is 10.6 Å². The van der Waals surface area contributed by atoms with Gasteiger partial charge >= 0.3 is 0 Å². The van der Waals surface area contributed by atoms with E-state index >= 15 is 0 Å². The van der Waals surface area contributed by atoms with Crippen molar-refractivity contribution in [1.82, 2.24) is 5.16 Å². The van der Waals surface area contributed by atoms with Gasteiger partial charge in [0.15, 0.2) is 0 Å². The zero-order valence-corrected chi connectivity index (χ0v) is 12.1. The van der Waals surface area contributed by atoms with E-state index in [2.05, 4.69) is 10.5 Å². The Morgan fingerprint density at radius 2 is 2.05 bits per heavy atom. The number of carbonyl (C=O) groups is 1. The molecule has 1 N–H and O–H groups in total. The van der Waals surface area contributed by atoms with Crippen LogP contribution in [0, 0.1) is 0 Å². The maximum Gasteiger partial charge on any atom is 0.259 e. The minimum absolute atomic E-state index is 0.320. The SMILES string of the molecule is O=C(Nc1onc2c1CCCC2)c1cc(Cl)ccc1Cl. The molecule has 6 heteroatoms. The Bertz CT molecular complexity index is 667. The third kappa shape index (κ3) is 2.53. The summed E-state index contributed by atoms with van der Waals surface area (Å²) < 4.78 is 5.22. The van der Waals surface area contributed by atoms with Crippen LogP contribution in [-0.4, -0.2) is 11.1 Å². The summed E-state index contributed by atoms with van der Waals surface area (Å²) in [6.45, 7) is 0. The van der Waals surface area contributed by atoms with Crippen LogP contribution in [0.4, 0.5) is 5.88 Å². The molecule has 0 atom stereocenters. The number of benzene rings is 1. The third-order valence-corrected chi connectivity index (χ3v) is 3.92. The lowest BCUT2D eigenvalue weighted by Gasteiger charge is -2.10. The van der Waals surface area contributed by atoms with Crippen LogP contribution in [0.3, 0.4) is 0 Å². The summed E-state index contributed by atoms with van der Waals surface area (Å²) in [5.41, 5.74) is 2.24. The van der Waals surface area contributed by atoms with Gasteiger partial charge in [-0.15, -0.1) is 0 Å². The molecule has 0 spiro atoms. The zero-order chi connectivity index (χ0) is 14.1. The van der Waals surface area contributed by atoms with Crippen LogP contribution in [0.1, 0.15) is 34.5 Å². The summed E-state index contributed by atoms with van der Waals surface area (Å²) in [5.74, 6) is 0.0720. The number of hydrogen-bond donors (Lipinski definition) is 1. The highest BCUT2D eigenvalue weighted by molar-refractivity contribution is 6.36. The van der Waals surface area contributed by atoms with Gasteiger partial charge in [0.05, 0.1) is 16.3 Å². The highest BCUT2D eigenvalue weighted by Gasteiger charge is 2.22. The molecule has 1 aromatic heterocycles. The van der Waals surface area contributed by atoms with Gasteiger partial charge in [-0.25, -0.2) is 0 Å². The van der Waals surface area contributed by atoms with Gasteiger partial charge in [0.1, 0.15) is 0 Å². The van der Waals surface area contributed by atoms with Crippen molar-refractivity contribution >= 4 is 35.0 Å². The van der Waals surface area contributed by atoms with Gasteiger partial charge in [-0.1, -0.05) is 28.4 Å². The number of nitrogens with zero attached hydrogens (tertiary/aromatic N) is 1. The summed E-state index contributed by atoms with van der Waals surface area (Å²) in [4.78, 5) is 12.2. The summed E-state index contributed by atoms with van der Waals surface area (Å²) in [7, 11) is 0. The van der Waals surface area contributed by atoms with E-state index in [4.69, 9.17) is 27.7 Å². The van der Waals surface area contributed by atoms with E-state index in [1.807, 2.05) is 0 Å². The van der Waals surface area contributed by atoms with Crippen LogP contribution >= 0.6 is 23.2 Å². The van der Waals surface area contributed by atoms with Crippen molar-refractivity contribution in [1.29, 1.82) is 0 Å². The molecule has 0 radical (unpaired) electrons. The van der Waals surface area contributed by atoms with Crippen molar-refractivity contribution in [3.63, 3.8) is 0 Å². The van der Waals surface area contributed by atoms with E-state index < -0.39 is 0 Å². The van der Waals surface area contributed by atoms with Crippen molar-refractivity contribution in [2.24, 2.45) is 0 Å². The minimum atomic E-state index is -0.345. The molecule has 1 aromatic carbocycles. The number of aromatic nitrogens is 1. The molecule has 1 aliphatic carbocycles. The van der Waals surface area contributed by atoms with Gasteiger partial charge in [-0.05, 0) is 43.9 Å². The smallest absolute Gasteiger partial charge is 0.259 e. The van der Waals surface area contributed by atoms with Crippen molar-refractivity contribution in [3.8, 4) is 0 Å². The third-order valence-electron chi connectivity index (χ3n) is 3.36. The molecular weight excluding hydrogens is 299 g/mol.